The molecule has 0 fully saturated rings. The Labute approximate surface area is 135 Å². The number of carboxylic acids is 1. The van der Waals surface area contributed by atoms with Crippen LogP contribution in [0.2, 0.25) is 0 Å². The largest absolute Gasteiger partial charge is 0.480 e. The molecule has 0 spiro atoms. The van der Waals surface area contributed by atoms with Crippen LogP contribution in [0.1, 0.15) is 42.2 Å². The number of hydrogen-bond acceptors (Lipinski definition) is 3. The summed E-state index contributed by atoms with van der Waals surface area (Å²) >= 11 is 0. The maximum Gasteiger partial charge on any atom is 0.326 e. The molecule has 0 saturated heterocycles. The lowest BCUT2D eigenvalue weighted by Gasteiger charge is -2.14. The predicted molar refractivity (Wildman–Crippen MR) is 86.7 cm³/mol. The molecule has 1 atom stereocenters. The van der Waals surface area contributed by atoms with Crippen molar-refractivity contribution in [1.82, 2.24) is 15.1 Å². The zero-order valence-corrected chi connectivity index (χ0v) is 13.3. The van der Waals surface area contributed by atoms with Crippen LogP contribution in [-0.4, -0.2) is 32.8 Å². The van der Waals surface area contributed by atoms with Crippen molar-refractivity contribution < 1.29 is 14.7 Å². The van der Waals surface area contributed by atoms with Crippen LogP contribution < -0.4 is 5.32 Å². The van der Waals surface area contributed by atoms with Crippen molar-refractivity contribution in [3.63, 3.8) is 0 Å². The zero-order valence-electron chi connectivity index (χ0n) is 13.3. The Hall–Kier alpha value is -2.63. The SMILES string of the molecule is CCCCC(NC(=O)c1ccc(-n2nccc2C)cc1)C(=O)O. The predicted octanol–water partition coefficient (Wildman–Crippen LogP) is 2.55. The maximum atomic E-state index is 12.2. The first-order valence-corrected chi connectivity index (χ1v) is 7.67. The summed E-state index contributed by atoms with van der Waals surface area (Å²) in [5, 5.41) is 15.9. The summed E-state index contributed by atoms with van der Waals surface area (Å²) in [6.45, 7) is 3.93. The van der Waals surface area contributed by atoms with Crippen molar-refractivity contribution in [3.05, 3.63) is 47.8 Å². The second-order valence-corrected chi connectivity index (χ2v) is 5.44. The van der Waals surface area contributed by atoms with Crippen molar-refractivity contribution in [2.24, 2.45) is 0 Å². The molecule has 6 nitrogen and oxygen atoms in total. The summed E-state index contributed by atoms with van der Waals surface area (Å²) in [5.41, 5.74) is 2.28. The highest BCUT2D eigenvalue weighted by molar-refractivity contribution is 5.96. The van der Waals surface area contributed by atoms with Crippen LogP contribution in [0, 0.1) is 6.92 Å². The molecule has 6 heteroatoms. The van der Waals surface area contributed by atoms with E-state index in [9.17, 15) is 9.59 Å². The third kappa shape index (κ3) is 4.18. The van der Waals surface area contributed by atoms with Gasteiger partial charge in [0.2, 0.25) is 0 Å². The molecule has 1 heterocycles. The van der Waals surface area contributed by atoms with Crippen LogP contribution in [0.4, 0.5) is 0 Å². The standard InChI is InChI=1S/C17H21N3O3/c1-3-4-5-15(17(22)23)19-16(21)13-6-8-14(9-7-13)20-12(2)10-11-18-20/h6-11,15H,3-5H2,1-2H3,(H,19,21)(H,22,23). The smallest absolute Gasteiger partial charge is 0.326 e. The first-order chi connectivity index (χ1) is 11.0. The minimum Gasteiger partial charge on any atom is -0.480 e. The van der Waals surface area contributed by atoms with Gasteiger partial charge in [0.25, 0.3) is 5.91 Å². The third-order valence-electron chi connectivity index (χ3n) is 3.66. The topological polar surface area (TPSA) is 84.2 Å². The normalized spacial score (nSPS) is 11.9. The average molecular weight is 315 g/mol. The number of rotatable bonds is 7. The van der Waals surface area contributed by atoms with E-state index < -0.39 is 12.0 Å². The summed E-state index contributed by atoms with van der Waals surface area (Å²) < 4.78 is 1.77. The zero-order chi connectivity index (χ0) is 16.8. The average Bonchev–Trinajstić information content (AvgIpc) is 2.97. The molecule has 0 saturated carbocycles. The lowest BCUT2D eigenvalue weighted by Crippen LogP contribution is -2.40. The highest BCUT2D eigenvalue weighted by atomic mass is 16.4. The van der Waals surface area contributed by atoms with Gasteiger partial charge in [0, 0.05) is 17.5 Å². The molecule has 0 aliphatic heterocycles. The maximum absolute atomic E-state index is 12.2. The van der Waals surface area contributed by atoms with Crippen molar-refractivity contribution in [2.75, 3.05) is 0 Å². The van der Waals surface area contributed by atoms with Crippen molar-refractivity contribution in [2.45, 2.75) is 39.2 Å². The van der Waals surface area contributed by atoms with Gasteiger partial charge >= 0.3 is 5.97 Å². The van der Waals surface area contributed by atoms with Crippen LogP contribution >= 0.6 is 0 Å². The van der Waals surface area contributed by atoms with Gasteiger partial charge in [-0.1, -0.05) is 19.8 Å². The molecule has 2 N–H and O–H groups in total. The first kappa shape index (κ1) is 16.7. The molecule has 0 bridgehead atoms. The van der Waals surface area contributed by atoms with Crippen LogP contribution in [-0.2, 0) is 4.79 Å². The number of benzene rings is 1. The second-order valence-electron chi connectivity index (χ2n) is 5.44. The summed E-state index contributed by atoms with van der Waals surface area (Å²) in [6, 6.07) is 7.96. The fourth-order valence-electron chi connectivity index (χ4n) is 2.30. The lowest BCUT2D eigenvalue weighted by molar-refractivity contribution is -0.139. The van der Waals surface area contributed by atoms with Crippen molar-refractivity contribution >= 4 is 11.9 Å². The molecule has 1 aromatic carbocycles. The molecule has 0 aliphatic carbocycles. The molecule has 2 rings (SSSR count). The van der Waals surface area contributed by atoms with Gasteiger partial charge in [0.1, 0.15) is 6.04 Å². The van der Waals surface area contributed by atoms with Crippen LogP contribution in [0.15, 0.2) is 36.5 Å². The Bertz CT molecular complexity index is 677. The van der Waals surface area contributed by atoms with E-state index in [4.69, 9.17) is 5.11 Å². The van der Waals surface area contributed by atoms with Crippen molar-refractivity contribution in [1.29, 1.82) is 0 Å². The molecule has 2 aromatic rings. The van der Waals surface area contributed by atoms with Gasteiger partial charge in [-0.15, -0.1) is 0 Å². The van der Waals surface area contributed by atoms with Gasteiger partial charge < -0.3 is 10.4 Å². The Morgan fingerprint density at radius 1 is 1.26 bits per heavy atom. The van der Waals surface area contributed by atoms with E-state index in [0.29, 0.717) is 12.0 Å². The van der Waals surface area contributed by atoms with Crippen LogP contribution in [0.25, 0.3) is 5.69 Å². The Morgan fingerprint density at radius 3 is 2.48 bits per heavy atom. The number of aliphatic carboxylic acids is 1. The number of aromatic nitrogens is 2. The monoisotopic (exact) mass is 315 g/mol. The summed E-state index contributed by atoms with van der Waals surface area (Å²) in [4.78, 5) is 23.4. The number of aryl methyl sites for hydroxylation is 1. The van der Waals surface area contributed by atoms with E-state index in [1.807, 2.05) is 19.9 Å². The fourth-order valence-corrected chi connectivity index (χ4v) is 2.30. The molecule has 0 radical (unpaired) electrons. The number of amides is 1. The van der Waals surface area contributed by atoms with Crippen molar-refractivity contribution in [3.8, 4) is 5.69 Å². The molecular weight excluding hydrogens is 294 g/mol. The Kier molecular flexibility index (Phi) is 5.51. The van der Waals surface area contributed by atoms with E-state index in [1.54, 1.807) is 35.1 Å². The van der Waals surface area contributed by atoms with E-state index >= 15 is 0 Å². The van der Waals surface area contributed by atoms with Crippen LogP contribution in [0.3, 0.4) is 0 Å². The molecule has 0 aliphatic rings. The number of nitrogens with zero attached hydrogens (tertiary/aromatic N) is 2. The third-order valence-corrected chi connectivity index (χ3v) is 3.66. The number of carbonyl (C=O) groups excluding carboxylic acids is 1. The van der Waals surface area contributed by atoms with Gasteiger partial charge in [-0.2, -0.15) is 5.10 Å². The summed E-state index contributed by atoms with van der Waals surface area (Å²) in [5.74, 6) is -1.38. The summed E-state index contributed by atoms with van der Waals surface area (Å²) in [6.07, 6.45) is 3.79. The highest BCUT2D eigenvalue weighted by Crippen LogP contribution is 2.12. The molecular formula is C17H21N3O3. The van der Waals surface area contributed by atoms with Crippen LogP contribution in [0.5, 0.6) is 0 Å². The van der Waals surface area contributed by atoms with Gasteiger partial charge in [-0.3, -0.25) is 4.79 Å². The van der Waals surface area contributed by atoms with Gasteiger partial charge in [0.15, 0.2) is 0 Å². The minimum absolute atomic E-state index is 0.378. The Balaban J connectivity index is 2.08. The lowest BCUT2D eigenvalue weighted by atomic mass is 10.1. The van der Waals surface area contributed by atoms with Gasteiger partial charge in [-0.05, 0) is 43.7 Å². The number of hydrogen-bond donors (Lipinski definition) is 2. The number of carbonyl (C=O) groups is 2. The molecule has 1 aromatic heterocycles. The summed E-state index contributed by atoms with van der Waals surface area (Å²) in [7, 11) is 0. The number of unbranched alkanes of at least 4 members (excludes halogenated alkanes) is 1. The Morgan fingerprint density at radius 2 is 1.96 bits per heavy atom. The highest BCUT2D eigenvalue weighted by Gasteiger charge is 2.19. The number of carboxylic acid groups (broad SMARTS) is 1. The van der Waals surface area contributed by atoms with E-state index in [2.05, 4.69) is 10.4 Å². The first-order valence-electron chi connectivity index (χ1n) is 7.67. The minimum atomic E-state index is -1.00. The molecule has 23 heavy (non-hydrogen) atoms. The van der Waals surface area contributed by atoms with Gasteiger partial charge in [0.05, 0.1) is 5.69 Å². The van der Waals surface area contributed by atoms with E-state index in [0.717, 1.165) is 24.2 Å². The molecule has 1 unspecified atom stereocenters. The van der Waals surface area contributed by atoms with E-state index in [-0.39, 0.29) is 5.91 Å². The second kappa shape index (κ2) is 7.58. The number of nitrogens with one attached hydrogen (secondary N) is 1. The fraction of sp³-hybridized carbons (Fsp3) is 0.353. The van der Waals surface area contributed by atoms with E-state index in [1.165, 1.54) is 0 Å². The van der Waals surface area contributed by atoms with Gasteiger partial charge in [-0.25, -0.2) is 9.48 Å². The quantitative estimate of drug-likeness (QED) is 0.822. The molecule has 1 amide bonds. The molecule has 122 valence electrons.